The Morgan fingerprint density at radius 1 is 1.11 bits per heavy atom. The molecule has 2 aliphatic heterocycles. The van der Waals surface area contributed by atoms with E-state index in [2.05, 4.69) is 20.5 Å². The average Bonchev–Trinajstić information content (AvgIpc) is 3.65. The molecule has 1 fully saturated rings. The van der Waals surface area contributed by atoms with Crippen molar-refractivity contribution < 1.29 is 19.1 Å². The molecule has 1 saturated heterocycles. The summed E-state index contributed by atoms with van der Waals surface area (Å²) >= 11 is 0. The summed E-state index contributed by atoms with van der Waals surface area (Å²) in [6, 6.07) is 14.3. The summed E-state index contributed by atoms with van der Waals surface area (Å²) in [6.07, 6.45) is 4.98. The number of amides is 2. The molecule has 5 rings (SSSR count). The number of nitrogens with one attached hydrogen (secondary N) is 3. The maximum Gasteiger partial charge on any atom is 0.268 e. The Morgan fingerprint density at radius 3 is 2.61 bits per heavy atom. The SMILES string of the molecule is COc1ccc2c(c1)C(=Cc1[nH]c(C(=O)NCCCN3CCCC3)c(C)c1C(=O)c1ccccc1)C(=O)N2. The van der Waals surface area contributed by atoms with Gasteiger partial charge in [-0.25, -0.2) is 0 Å². The first-order valence-electron chi connectivity index (χ1n) is 13.0. The van der Waals surface area contributed by atoms with Crippen molar-refractivity contribution in [3.05, 3.63) is 82.2 Å². The third-order valence-electron chi connectivity index (χ3n) is 7.20. The number of nitrogens with zero attached hydrogens (tertiary/aromatic N) is 1. The molecule has 0 aliphatic carbocycles. The number of carbonyl (C=O) groups excluding carboxylic acids is 3. The fourth-order valence-corrected chi connectivity index (χ4v) is 5.16. The maximum absolute atomic E-state index is 13.6. The lowest BCUT2D eigenvalue weighted by molar-refractivity contribution is -0.110. The van der Waals surface area contributed by atoms with Gasteiger partial charge >= 0.3 is 0 Å². The molecule has 8 heteroatoms. The van der Waals surface area contributed by atoms with Gasteiger partial charge in [-0.15, -0.1) is 0 Å². The second-order valence-corrected chi connectivity index (χ2v) is 9.69. The third kappa shape index (κ3) is 5.13. The van der Waals surface area contributed by atoms with Crippen molar-refractivity contribution in [3.63, 3.8) is 0 Å². The van der Waals surface area contributed by atoms with E-state index < -0.39 is 0 Å². The van der Waals surface area contributed by atoms with Crippen molar-refractivity contribution in [1.82, 2.24) is 15.2 Å². The number of aromatic amines is 1. The molecular weight excluding hydrogens is 480 g/mol. The first-order chi connectivity index (χ1) is 18.5. The molecule has 0 radical (unpaired) electrons. The molecule has 8 nitrogen and oxygen atoms in total. The quantitative estimate of drug-likeness (QED) is 0.226. The van der Waals surface area contributed by atoms with Gasteiger partial charge in [0.1, 0.15) is 11.4 Å². The summed E-state index contributed by atoms with van der Waals surface area (Å²) in [5.41, 5.74) is 3.89. The zero-order valence-electron chi connectivity index (χ0n) is 21.7. The van der Waals surface area contributed by atoms with Gasteiger partial charge in [-0.3, -0.25) is 14.4 Å². The number of hydrogen-bond acceptors (Lipinski definition) is 5. The number of H-pyrrole nitrogens is 1. The number of methoxy groups -OCH3 is 1. The van der Waals surface area contributed by atoms with Gasteiger partial charge in [-0.05, 0) is 75.7 Å². The number of aromatic nitrogens is 1. The predicted octanol–water partition coefficient (Wildman–Crippen LogP) is 4.27. The second kappa shape index (κ2) is 11.1. The standard InChI is InChI=1S/C30H32N4O4/c1-19-26(28(35)20-9-4-3-5-10-20)25(18-23-22-17-21(38-2)11-12-24(22)33-29(23)36)32-27(19)30(37)31-13-8-16-34-14-6-7-15-34/h3-5,9-12,17-18,32H,6-8,13-16H2,1-2H3,(H,31,37)(H,33,36). The maximum atomic E-state index is 13.6. The van der Waals surface area contributed by atoms with Gasteiger partial charge in [0.25, 0.3) is 11.8 Å². The van der Waals surface area contributed by atoms with E-state index in [1.807, 2.05) is 6.07 Å². The Morgan fingerprint density at radius 2 is 1.87 bits per heavy atom. The lowest BCUT2D eigenvalue weighted by Gasteiger charge is -2.14. The molecule has 3 N–H and O–H groups in total. The number of anilines is 1. The minimum Gasteiger partial charge on any atom is -0.497 e. The van der Waals surface area contributed by atoms with E-state index in [1.165, 1.54) is 12.8 Å². The molecule has 2 amide bonds. The van der Waals surface area contributed by atoms with Gasteiger partial charge in [0, 0.05) is 23.4 Å². The first-order valence-corrected chi connectivity index (χ1v) is 13.0. The molecule has 2 aromatic carbocycles. The molecule has 0 spiro atoms. The molecule has 0 saturated carbocycles. The van der Waals surface area contributed by atoms with E-state index in [-0.39, 0.29) is 17.6 Å². The van der Waals surface area contributed by atoms with Crippen LogP contribution in [-0.2, 0) is 4.79 Å². The first kappa shape index (κ1) is 25.5. The van der Waals surface area contributed by atoms with Crippen molar-refractivity contribution in [2.45, 2.75) is 26.2 Å². The summed E-state index contributed by atoms with van der Waals surface area (Å²) in [5, 5.41) is 5.85. The second-order valence-electron chi connectivity index (χ2n) is 9.69. The van der Waals surface area contributed by atoms with E-state index in [0.717, 1.165) is 26.1 Å². The Bertz CT molecular complexity index is 1400. The van der Waals surface area contributed by atoms with Crippen LogP contribution >= 0.6 is 0 Å². The number of ether oxygens (including phenoxy) is 1. The van der Waals surface area contributed by atoms with E-state index in [1.54, 1.807) is 62.6 Å². The van der Waals surface area contributed by atoms with Gasteiger partial charge in [-0.2, -0.15) is 0 Å². The fraction of sp³-hybridized carbons (Fsp3) is 0.300. The lowest BCUT2D eigenvalue weighted by Crippen LogP contribution is -2.29. The molecular formula is C30H32N4O4. The largest absolute Gasteiger partial charge is 0.497 e. The Kier molecular flexibility index (Phi) is 7.42. The molecule has 1 aromatic heterocycles. The number of likely N-dealkylation sites (tertiary alicyclic amines) is 1. The van der Waals surface area contributed by atoms with Gasteiger partial charge in [0.2, 0.25) is 0 Å². The molecule has 2 aliphatic rings. The van der Waals surface area contributed by atoms with Crippen molar-refractivity contribution in [2.75, 3.05) is 38.6 Å². The topological polar surface area (TPSA) is 104 Å². The Balaban J connectivity index is 1.48. The van der Waals surface area contributed by atoms with Crippen molar-refractivity contribution >= 4 is 34.9 Å². The lowest BCUT2D eigenvalue weighted by atomic mass is 9.97. The molecule has 3 aromatic rings. The van der Waals surface area contributed by atoms with Crippen LogP contribution in [0.25, 0.3) is 11.6 Å². The summed E-state index contributed by atoms with van der Waals surface area (Å²) in [5.74, 6) is -0.160. The summed E-state index contributed by atoms with van der Waals surface area (Å²) in [6.45, 7) is 5.50. The minimum absolute atomic E-state index is 0.219. The van der Waals surface area contributed by atoms with Crippen LogP contribution in [0.4, 0.5) is 5.69 Å². The summed E-state index contributed by atoms with van der Waals surface area (Å²) in [4.78, 5) is 45.3. The number of hydrogen-bond donors (Lipinski definition) is 3. The smallest absolute Gasteiger partial charge is 0.268 e. The highest BCUT2D eigenvalue weighted by Crippen LogP contribution is 2.36. The van der Waals surface area contributed by atoms with Crippen LogP contribution in [0.15, 0.2) is 48.5 Å². The van der Waals surface area contributed by atoms with Crippen LogP contribution in [0.1, 0.15) is 62.5 Å². The van der Waals surface area contributed by atoms with E-state index in [9.17, 15) is 14.4 Å². The van der Waals surface area contributed by atoms with E-state index in [0.29, 0.717) is 57.2 Å². The predicted molar refractivity (Wildman–Crippen MR) is 148 cm³/mol. The normalized spacial score (nSPS) is 15.9. The number of carbonyl (C=O) groups is 3. The zero-order chi connectivity index (χ0) is 26.6. The number of ketones is 1. The summed E-state index contributed by atoms with van der Waals surface area (Å²) < 4.78 is 5.34. The molecule has 0 unspecified atom stereocenters. The Hall–Kier alpha value is -4.17. The van der Waals surface area contributed by atoms with Crippen molar-refractivity contribution in [3.8, 4) is 5.75 Å². The average molecular weight is 513 g/mol. The van der Waals surface area contributed by atoms with Crippen LogP contribution in [0.2, 0.25) is 0 Å². The van der Waals surface area contributed by atoms with Gasteiger partial charge in [0.05, 0.1) is 23.9 Å². The molecule has 3 heterocycles. The highest BCUT2D eigenvalue weighted by atomic mass is 16.5. The molecule has 196 valence electrons. The monoisotopic (exact) mass is 512 g/mol. The number of fused-ring (bicyclic) bond motifs is 1. The number of rotatable bonds is 9. The van der Waals surface area contributed by atoms with E-state index >= 15 is 0 Å². The van der Waals surface area contributed by atoms with Crippen LogP contribution in [0.5, 0.6) is 5.75 Å². The zero-order valence-corrected chi connectivity index (χ0v) is 21.7. The summed E-state index contributed by atoms with van der Waals surface area (Å²) in [7, 11) is 1.57. The molecule has 0 bridgehead atoms. The fourth-order valence-electron chi connectivity index (χ4n) is 5.16. The highest BCUT2D eigenvalue weighted by molar-refractivity contribution is 6.35. The van der Waals surface area contributed by atoms with Crippen LogP contribution in [-0.4, -0.2) is 60.8 Å². The van der Waals surface area contributed by atoms with Crippen molar-refractivity contribution in [2.24, 2.45) is 0 Å². The molecule has 38 heavy (non-hydrogen) atoms. The highest BCUT2D eigenvalue weighted by Gasteiger charge is 2.28. The van der Waals surface area contributed by atoms with Crippen molar-refractivity contribution in [1.29, 1.82) is 0 Å². The number of benzene rings is 2. The molecule has 0 atom stereocenters. The third-order valence-corrected chi connectivity index (χ3v) is 7.20. The van der Waals surface area contributed by atoms with Gasteiger partial charge < -0.3 is 25.3 Å². The van der Waals surface area contributed by atoms with E-state index in [4.69, 9.17) is 4.74 Å². The van der Waals surface area contributed by atoms with Crippen LogP contribution in [0.3, 0.4) is 0 Å². The van der Waals surface area contributed by atoms with Crippen LogP contribution < -0.4 is 15.4 Å². The Labute approximate surface area is 222 Å². The van der Waals surface area contributed by atoms with Gasteiger partial charge in [0.15, 0.2) is 5.78 Å². The minimum atomic E-state index is -0.286. The van der Waals surface area contributed by atoms with Gasteiger partial charge in [-0.1, -0.05) is 30.3 Å². The van der Waals surface area contributed by atoms with Crippen LogP contribution in [0, 0.1) is 6.92 Å².